The van der Waals surface area contributed by atoms with Crippen molar-refractivity contribution in [2.24, 2.45) is 0 Å². The summed E-state index contributed by atoms with van der Waals surface area (Å²) in [6.07, 6.45) is 2.67. The zero-order valence-corrected chi connectivity index (χ0v) is 15.0. The molecule has 0 aliphatic rings. The molecule has 0 N–H and O–H groups in total. The minimum atomic E-state index is -0.401. The molecule has 2 aromatic carbocycles. The third-order valence-electron chi connectivity index (χ3n) is 3.68. The highest BCUT2D eigenvalue weighted by Crippen LogP contribution is 2.22. The van der Waals surface area contributed by atoms with Gasteiger partial charge in [-0.3, -0.25) is 14.5 Å². The summed E-state index contributed by atoms with van der Waals surface area (Å²) in [5.74, 6) is -0.803. The van der Waals surface area contributed by atoms with Crippen LogP contribution in [0.25, 0.3) is 0 Å². The molecular weight excluding hydrogens is 345 g/mol. The number of benzene rings is 2. The van der Waals surface area contributed by atoms with Gasteiger partial charge in [0.15, 0.2) is 0 Å². The Labute approximate surface area is 152 Å². The lowest BCUT2D eigenvalue weighted by Crippen LogP contribution is -2.38. The molecule has 0 fully saturated rings. The van der Waals surface area contributed by atoms with Crippen LogP contribution >= 0.6 is 23.2 Å². The van der Waals surface area contributed by atoms with Crippen molar-refractivity contribution >= 4 is 35.0 Å². The van der Waals surface area contributed by atoms with Crippen molar-refractivity contribution in [1.29, 1.82) is 0 Å². The lowest BCUT2D eigenvalue weighted by Gasteiger charge is -2.22. The summed E-state index contributed by atoms with van der Waals surface area (Å²) < 4.78 is 0. The van der Waals surface area contributed by atoms with E-state index < -0.39 is 11.8 Å². The first-order valence-electron chi connectivity index (χ1n) is 7.91. The van der Waals surface area contributed by atoms with Gasteiger partial charge in [-0.25, -0.2) is 0 Å². The molecule has 3 nitrogen and oxygen atoms in total. The topological polar surface area (TPSA) is 37.4 Å². The molecule has 24 heavy (non-hydrogen) atoms. The molecule has 0 saturated heterocycles. The molecule has 0 unspecified atom stereocenters. The van der Waals surface area contributed by atoms with Gasteiger partial charge >= 0.3 is 0 Å². The second-order valence-electron chi connectivity index (χ2n) is 5.43. The minimum Gasteiger partial charge on any atom is -0.274 e. The second-order valence-corrected chi connectivity index (χ2v) is 6.24. The average molecular weight is 364 g/mol. The SMILES string of the molecule is CCCCCN(C(=O)c1ccccc1Cl)C(=O)c1ccccc1Cl. The van der Waals surface area contributed by atoms with Gasteiger partial charge in [0.2, 0.25) is 0 Å². The Bertz CT molecular complexity index is 673. The number of carbonyl (C=O) groups excluding carboxylic acids is 2. The molecule has 0 bridgehead atoms. The van der Waals surface area contributed by atoms with E-state index in [4.69, 9.17) is 23.2 Å². The van der Waals surface area contributed by atoms with Crippen molar-refractivity contribution in [3.8, 4) is 0 Å². The Morgan fingerprint density at radius 1 is 0.833 bits per heavy atom. The van der Waals surface area contributed by atoms with Gasteiger partial charge in [0, 0.05) is 6.54 Å². The molecule has 0 aliphatic carbocycles. The van der Waals surface area contributed by atoms with E-state index in [0.29, 0.717) is 27.7 Å². The Morgan fingerprint density at radius 2 is 1.29 bits per heavy atom. The van der Waals surface area contributed by atoms with Crippen LogP contribution in [0, 0.1) is 0 Å². The maximum absolute atomic E-state index is 12.9. The number of nitrogens with zero attached hydrogens (tertiary/aromatic N) is 1. The Hall–Kier alpha value is -1.84. The number of halogens is 2. The number of imide groups is 1. The van der Waals surface area contributed by atoms with Gasteiger partial charge in [0.1, 0.15) is 0 Å². The van der Waals surface area contributed by atoms with E-state index in [0.717, 1.165) is 19.3 Å². The van der Waals surface area contributed by atoms with E-state index in [9.17, 15) is 9.59 Å². The van der Waals surface area contributed by atoms with Crippen molar-refractivity contribution in [2.45, 2.75) is 26.2 Å². The predicted molar refractivity (Wildman–Crippen MR) is 97.8 cm³/mol. The highest BCUT2D eigenvalue weighted by molar-refractivity contribution is 6.35. The van der Waals surface area contributed by atoms with E-state index in [-0.39, 0.29) is 0 Å². The normalized spacial score (nSPS) is 10.5. The monoisotopic (exact) mass is 363 g/mol. The van der Waals surface area contributed by atoms with Crippen LogP contribution in [0.5, 0.6) is 0 Å². The molecular formula is C19H19Cl2NO2. The first-order chi connectivity index (χ1) is 11.6. The van der Waals surface area contributed by atoms with Crippen LogP contribution in [0.2, 0.25) is 10.0 Å². The lowest BCUT2D eigenvalue weighted by molar-refractivity contribution is 0.0613. The minimum absolute atomic E-state index is 0.316. The molecule has 0 atom stereocenters. The van der Waals surface area contributed by atoms with Crippen molar-refractivity contribution in [3.05, 3.63) is 69.7 Å². The molecule has 2 rings (SSSR count). The van der Waals surface area contributed by atoms with Crippen LogP contribution in [-0.2, 0) is 0 Å². The molecule has 0 spiro atoms. The van der Waals surface area contributed by atoms with Gasteiger partial charge in [0.25, 0.3) is 11.8 Å². The summed E-state index contributed by atoms with van der Waals surface area (Å²) >= 11 is 12.2. The van der Waals surface area contributed by atoms with Crippen LogP contribution in [0.15, 0.2) is 48.5 Å². The van der Waals surface area contributed by atoms with Crippen LogP contribution in [0.3, 0.4) is 0 Å². The van der Waals surface area contributed by atoms with Crippen molar-refractivity contribution in [3.63, 3.8) is 0 Å². The molecule has 5 heteroatoms. The Kier molecular flexibility index (Phi) is 6.83. The van der Waals surface area contributed by atoms with Crippen molar-refractivity contribution in [2.75, 3.05) is 6.54 Å². The van der Waals surface area contributed by atoms with Crippen LogP contribution in [-0.4, -0.2) is 23.3 Å². The standard InChI is InChI=1S/C19H19Cl2NO2/c1-2-3-8-13-22(18(23)14-9-4-6-11-16(14)20)19(24)15-10-5-7-12-17(15)21/h4-7,9-12H,2-3,8,13H2,1H3. The quantitative estimate of drug-likeness (QED) is 0.504. The third-order valence-corrected chi connectivity index (χ3v) is 4.34. The highest BCUT2D eigenvalue weighted by Gasteiger charge is 2.26. The van der Waals surface area contributed by atoms with E-state index in [1.165, 1.54) is 4.90 Å². The fourth-order valence-corrected chi connectivity index (χ4v) is 2.81. The maximum atomic E-state index is 12.9. The van der Waals surface area contributed by atoms with E-state index in [1.54, 1.807) is 48.5 Å². The summed E-state index contributed by atoms with van der Waals surface area (Å²) in [4.78, 5) is 27.0. The number of carbonyl (C=O) groups is 2. The molecule has 0 saturated carbocycles. The summed E-state index contributed by atoms with van der Waals surface area (Å²) in [6.45, 7) is 2.40. The predicted octanol–water partition coefficient (Wildman–Crippen LogP) is 5.47. The van der Waals surface area contributed by atoms with Crippen molar-refractivity contribution < 1.29 is 9.59 Å². The number of hydrogen-bond acceptors (Lipinski definition) is 2. The van der Waals surface area contributed by atoms with Crippen molar-refractivity contribution in [1.82, 2.24) is 4.90 Å². The molecule has 2 amide bonds. The summed E-state index contributed by atoms with van der Waals surface area (Å²) in [7, 11) is 0. The first-order valence-corrected chi connectivity index (χ1v) is 8.67. The maximum Gasteiger partial charge on any atom is 0.262 e. The Balaban J connectivity index is 2.34. The summed E-state index contributed by atoms with van der Waals surface area (Å²) in [6, 6.07) is 13.5. The molecule has 0 aliphatic heterocycles. The number of amides is 2. The second kappa shape index (κ2) is 8.86. The first kappa shape index (κ1) is 18.5. The van der Waals surface area contributed by atoms with Crippen LogP contribution < -0.4 is 0 Å². The Morgan fingerprint density at radius 3 is 1.71 bits per heavy atom. The lowest BCUT2D eigenvalue weighted by atomic mass is 10.1. The molecule has 0 radical (unpaired) electrons. The number of hydrogen-bond donors (Lipinski definition) is 0. The van der Waals surface area contributed by atoms with Crippen LogP contribution in [0.4, 0.5) is 0 Å². The molecule has 0 aromatic heterocycles. The fourth-order valence-electron chi connectivity index (χ4n) is 2.38. The zero-order valence-electron chi connectivity index (χ0n) is 13.5. The zero-order chi connectivity index (χ0) is 17.5. The molecule has 0 heterocycles. The highest BCUT2D eigenvalue weighted by atomic mass is 35.5. The van der Waals surface area contributed by atoms with E-state index in [1.807, 2.05) is 0 Å². The smallest absolute Gasteiger partial charge is 0.262 e. The van der Waals surface area contributed by atoms with Gasteiger partial charge in [-0.2, -0.15) is 0 Å². The number of rotatable bonds is 6. The molecule has 126 valence electrons. The summed E-state index contributed by atoms with van der Waals surface area (Å²) in [5.41, 5.74) is 0.632. The number of unbranched alkanes of at least 4 members (excludes halogenated alkanes) is 2. The third kappa shape index (κ3) is 4.37. The van der Waals surface area contributed by atoms with Gasteiger partial charge in [-0.05, 0) is 30.7 Å². The average Bonchev–Trinajstić information content (AvgIpc) is 2.58. The fraction of sp³-hybridized carbons (Fsp3) is 0.263. The van der Waals surface area contributed by atoms with Gasteiger partial charge in [0.05, 0.1) is 21.2 Å². The van der Waals surface area contributed by atoms with Gasteiger partial charge in [-0.15, -0.1) is 0 Å². The van der Waals surface area contributed by atoms with E-state index >= 15 is 0 Å². The largest absolute Gasteiger partial charge is 0.274 e. The summed E-state index contributed by atoms with van der Waals surface area (Å²) in [5, 5.41) is 0.657. The molecule has 2 aromatic rings. The van der Waals surface area contributed by atoms with E-state index in [2.05, 4.69) is 6.92 Å². The van der Waals surface area contributed by atoms with Gasteiger partial charge in [-0.1, -0.05) is 67.2 Å². The van der Waals surface area contributed by atoms with Gasteiger partial charge < -0.3 is 0 Å². The van der Waals surface area contributed by atoms with Crippen LogP contribution in [0.1, 0.15) is 46.9 Å².